The molecule has 0 amide bonds. The topological polar surface area (TPSA) is 53.7 Å². The summed E-state index contributed by atoms with van der Waals surface area (Å²) < 4.78 is 5.25. The summed E-state index contributed by atoms with van der Waals surface area (Å²) in [5.74, 6) is 0. The average Bonchev–Trinajstić information content (AvgIpc) is 2.74. The van der Waals surface area contributed by atoms with Gasteiger partial charge in [0.05, 0.1) is 6.10 Å². The van der Waals surface area contributed by atoms with Gasteiger partial charge in [0.15, 0.2) is 0 Å². The van der Waals surface area contributed by atoms with Gasteiger partial charge in [0.1, 0.15) is 5.58 Å². The number of hydrogen-bond donors (Lipinski definition) is 1. The molecule has 4 nitrogen and oxygen atoms in total. The lowest BCUT2D eigenvalue weighted by Gasteiger charge is -2.15. The Morgan fingerprint density at radius 3 is 3.00 bits per heavy atom. The third-order valence-corrected chi connectivity index (χ3v) is 3.63. The lowest BCUT2D eigenvalue weighted by molar-refractivity contribution is 0.175. The van der Waals surface area contributed by atoms with E-state index in [0.29, 0.717) is 18.7 Å². The molecule has 0 radical (unpaired) electrons. The van der Waals surface area contributed by atoms with Crippen molar-refractivity contribution in [2.75, 3.05) is 13.1 Å². The molecule has 0 unspecified atom stereocenters. The van der Waals surface area contributed by atoms with E-state index in [1.807, 2.05) is 25.1 Å². The highest BCUT2D eigenvalue weighted by Crippen LogP contribution is 2.21. The molecule has 0 bridgehead atoms. The molecule has 1 aliphatic heterocycles. The van der Waals surface area contributed by atoms with Crippen molar-refractivity contribution in [3.05, 3.63) is 45.8 Å². The van der Waals surface area contributed by atoms with Crippen molar-refractivity contribution in [3.63, 3.8) is 0 Å². The smallest absolute Gasteiger partial charge is 0.336 e. The lowest BCUT2D eigenvalue weighted by atomic mass is 10.1. The number of β-amino-alcohol motifs (C(OH)–C–C–N with tert-alkyl or cyclic N) is 1. The molecule has 3 rings (SSSR count). The van der Waals surface area contributed by atoms with Crippen molar-refractivity contribution in [1.82, 2.24) is 4.90 Å². The number of rotatable bonds is 2. The number of benzene rings is 1. The second kappa shape index (κ2) is 4.79. The number of likely N-dealkylation sites (tertiary alicyclic amines) is 1. The number of nitrogens with zero attached hydrogens (tertiary/aromatic N) is 1. The Morgan fingerprint density at radius 1 is 1.42 bits per heavy atom. The molecule has 0 saturated carbocycles. The van der Waals surface area contributed by atoms with E-state index in [1.165, 1.54) is 0 Å². The third kappa shape index (κ3) is 2.55. The van der Waals surface area contributed by atoms with Crippen molar-refractivity contribution in [3.8, 4) is 0 Å². The van der Waals surface area contributed by atoms with E-state index in [0.717, 1.165) is 29.5 Å². The van der Waals surface area contributed by atoms with E-state index in [1.54, 1.807) is 6.07 Å². The maximum atomic E-state index is 11.6. The molecule has 1 aliphatic rings. The largest absolute Gasteiger partial charge is 0.423 e. The molecular formula is C15H17NO3. The number of aliphatic hydroxyl groups excluding tert-OH is 1. The van der Waals surface area contributed by atoms with Crippen LogP contribution in [0.5, 0.6) is 0 Å². The van der Waals surface area contributed by atoms with Gasteiger partial charge in [-0.1, -0.05) is 12.1 Å². The Kier molecular flexibility index (Phi) is 3.12. The van der Waals surface area contributed by atoms with E-state index in [-0.39, 0.29) is 11.7 Å². The Balaban J connectivity index is 2.00. The number of aryl methyl sites for hydroxylation is 1. The van der Waals surface area contributed by atoms with Gasteiger partial charge in [-0.05, 0) is 30.5 Å². The molecule has 100 valence electrons. The molecule has 0 aliphatic carbocycles. The van der Waals surface area contributed by atoms with Crippen LogP contribution in [0.15, 0.2) is 33.5 Å². The minimum absolute atomic E-state index is 0.242. The van der Waals surface area contributed by atoms with Crippen LogP contribution in [0, 0.1) is 6.92 Å². The standard InChI is InChI=1S/C15H17NO3/c1-10-2-3-13-11(7-15(18)19-14(13)6-10)8-16-5-4-12(17)9-16/h2-3,6-7,12,17H,4-5,8-9H2,1H3/t12-/m1/s1. The van der Waals surface area contributed by atoms with E-state index in [2.05, 4.69) is 4.90 Å². The highest BCUT2D eigenvalue weighted by Gasteiger charge is 2.21. The van der Waals surface area contributed by atoms with Crippen LogP contribution in [-0.4, -0.2) is 29.2 Å². The van der Waals surface area contributed by atoms with Crippen LogP contribution in [0.2, 0.25) is 0 Å². The molecular weight excluding hydrogens is 242 g/mol. The summed E-state index contributed by atoms with van der Waals surface area (Å²) in [6, 6.07) is 7.46. The molecule has 2 heterocycles. The number of aliphatic hydroxyl groups is 1. The summed E-state index contributed by atoms with van der Waals surface area (Å²) in [6.45, 7) is 4.20. The molecule has 1 fully saturated rings. The van der Waals surface area contributed by atoms with Crippen molar-refractivity contribution in [1.29, 1.82) is 0 Å². The summed E-state index contributed by atoms with van der Waals surface area (Å²) in [6.07, 6.45) is 0.562. The van der Waals surface area contributed by atoms with Crippen molar-refractivity contribution in [2.45, 2.75) is 26.0 Å². The van der Waals surface area contributed by atoms with Gasteiger partial charge in [-0.2, -0.15) is 0 Å². The summed E-state index contributed by atoms with van der Waals surface area (Å²) >= 11 is 0. The number of hydrogen-bond acceptors (Lipinski definition) is 4. The Labute approximate surface area is 111 Å². The zero-order valence-electron chi connectivity index (χ0n) is 10.9. The number of fused-ring (bicyclic) bond motifs is 1. The fraction of sp³-hybridized carbons (Fsp3) is 0.400. The van der Waals surface area contributed by atoms with Gasteiger partial charge in [-0.25, -0.2) is 4.79 Å². The fourth-order valence-electron chi connectivity index (χ4n) is 2.66. The van der Waals surface area contributed by atoms with Gasteiger partial charge < -0.3 is 9.52 Å². The van der Waals surface area contributed by atoms with Gasteiger partial charge in [0, 0.05) is 31.1 Å². The summed E-state index contributed by atoms with van der Waals surface area (Å²) in [5, 5.41) is 10.5. The summed E-state index contributed by atoms with van der Waals surface area (Å²) in [4.78, 5) is 13.8. The molecule has 0 spiro atoms. The third-order valence-electron chi connectivity index (χ3n) is 3.63. The van der Waals surface area contributed by atoms with Crippen LogP contribution >= 0.6 is 0 Å². The molecule has 1 aromatic carbocycles. The normalized spacial score (nSPS) is 20.2. The molecule has 19 heavy (non-hydrogen) atoms. The monoisotopic (exact) mass is 259 g/mol. The maximum absolute atomic E-state index is 11.6. The fourth-order valence-corrected chi connectivity index (χ4v) is 2.66. The van der Waals surface area contributed by atoms with Crippen LogP contribution in [0.3, 0.4) is 0 Å². The predicted molar refractivity (Wildman–Crippen MR) is 73.1 cm³/mol. The summed E-state index contributed by atoms with van der Waals surface area (Å²) in [5.41, 5.74) is 2.37. The Morgan fingerprint density at radius 2 is 2.26 bits per heavy atom. The molecule has 1 N–H and O–H groups in total. The van der Waals surface area contributed by atoms with Crippen molar-refractivity contribution >= 4 is 11.0 Å². The van der Waals surface area contributed by atoms with Crippen molar-refractivity contribution in [2.24, 2.45) is 0 Å². The molecule has 1 atom stereocenters. The first-order valence-corrected chi connectivity index (χ1v) is 6.55. The van der Waals surface area contributed by atoms with Crippen LogP contribution in [0.4, 0.5) is 0 Å². The van der Waals surface area contributed by atoms with Gasteiger partial charge >= 0.3 is 5.63 Å². The van der Waals surface area contributed by atoms with Gasteiger partial charge in [0.25, 0.3) is 0 Å². The molecule has 1 saturated heterocycles. The highest BCUT2D eigenvalue weighted by atomic mass is 16.4. The first kappa shape index (κ1) is 12.4. The molecule has 4 heteroatoms. The zero-order valence-corrected chi connectivity index (χ0v) is 10.9. The average molecular weight is 259 g/mol. The minimum atomic E-state index is -0.312. The van der Waals surface area contributed by atoms with E-state index in [4.69, 9.17) is 4.42 Å². The van der Waals surface area contributed by atoms with Crippen LogP contribution in [0.1, 0.15) is 17.5 Å². The second-order valence-corrected chi connectivity index (χ2v) is 5.27. The predicted octanol–water partition coefficient (Wildman–Crippen LogP) is 1.67. The Bertz CT molecular complexity index is 662. The minimum Gasteiger partial charge on any atom is -0.423 e. The first-order chi connectivity index (χ1) is 9.11. The van der Waals surface area contributed by atoms with Gasteiger partial charge in [-0.3, -0.25) is 4.90 Å². The molecule has 2 aromatic rings. The maximum Gasteiger partial charge on any atom is 0.336 e. The van der Waals surface area contributed by atoms with Crippen molar-refractivity contribution < 1.29 is 9.52 Å². The Hall–Kier alpha value is -1.65. The lowest BCUT2D eigenvalue weighted by Crippen LogP contribution is -2.22. The van der Waals surface area contributed by atoms with E-state index < -0.39 is 0 Å². The van der Waals surface area contributed by atoms with Crippen LogP contribution in [0.25, 0.3) is 11.0 Å². The van der Waals surface area contributed by atoms with Gasteiger partial charge in [0.2, 0.25) is 0 Å². The van der Waals surface area contributed by atoms with Crippen LogP contribution < -0.4 is 5.63 Å². The van der Waals surface area contributed by atoms with Crippen LogP contribution in [-0.2, 0) is 6.54 Å². The quantitative estimate of drug-likeness (QED) is 0.833. The van der Waals surface area contributed by atoms with E-state index >= 15 is 0 Å². The second-order valence-electron chi connectivity index (χ2n) is 5.27. The SMILES string of the molecule is Cc1ccc2c(CN3CC[C@@H](O)C3)cc(=O)oc2c1. The first-order valence-electron chi connectivity index (χ1n) is 6.55. The summed E-state index contributed by atoms with van der Waals surface area (Å²) in [7, 11) is 0. The highest BCUT2D eigenvalue weighted by molar-refractivity contribution is 5.80. The zero-order chi connectivity index (χ0) is 13.4. The molecule has 1 aromatic heterocycles. The van der Waals surface area contributed by atoms with E-state index in [9.17, 15) is 9.90 Å². The van der Waals surface area contributed by atoms with Gasteiger partial charge in [-0.15, -0.1) is 0 Å².